The number of ether oxygens (including phenoxy) is 1. The Labute approximate surface area is 127 Å². The lowest BCUT2D eigenvalue weighted by Gasteiger charge is -2.04. The zero-order valence-electron chi connectivity index (χ0n) is 13.2. The van der Waals surface area contributed by atoms with Crippen molar-refractivity contribution in [2.45, 2.75) is 77.6 Å². The van der Waals surface area contributed by atoms with Gasteiger partial charge in [-0.25, -0.2) is 0 Å². The Morgan fingerprint density at radius 1 is 1.05 bits per heavy atom. The fraction of sp³-hybridized carbons (Fsp3) is 0.824. The van der Waals surface area contributed by atoms with Gasteiger partial charge in [-0.05, 0) is 12.8 Å². The molecule has 21 heavy (non-hydrogen) atoms. The second-order valence-electron chi connectivity index (χ2n) is 5.98. The standard InChI is InChI=1S/C17H28O4/c1-2-3-4-5-6-7-8-9-15(18)13-16(19)12-14-10-11-21-17(14)20/h14H,2-13H2,1H3/t14-/m1/s1. The van der Waals surface area contributed by atoms with Crippen LogP contribution in [0.1, 0.15) is 77.6 Å². The number of esters is 1. The van der Waals surface area contributed by atoms with Crippen molar-refractivity contribution in [1.29, 1.82) is 0 Å². The minimum atomic E-state index is -0.316. The number of cyclic esters (lactones) is 1. The van der Waals surface area contributed by atoms with E-state index >= 15 is 0 Å². The van der Waals surface area contributed by atoms with E-state index in [1.165, 1.54) is 32.1 Å². The molecule has 0 aromatic carbocycles. The number of ketones is 2. The van der Waals surface area contributed by atoms with E-state index in [1.807, 2.05) is 0 Å². The Morgan fingerprint density at radius 3 is 2.33 bits per heavy atom. The Balaban J connectivity index is 2.02. The van der Waals surface area contributed by atoms with Crippen LogP contribution in [0.3, 0.4) is 0 Å². The van der Waals surface area contributed by atoms with Crippen LogP contribution in [0, 0.1) is 5.92 Å². The van der Waals surface area contributed by atoms with Crippen LogP contribution in [0.2, 0.25) is 0 Å². The zero-order valence-corrected chi connectivity index (χ0v) is 13.2. The second-order valence-corrected chi connectivity index (χ2v) is 5.98. The van der Waals surface area contributed by atoms with E-state index in [4.69, 9.17) is 4.74 Å². The van der Waals surface area contributed by atoms with Crippen molar-refractivity contribution in [3.63, 3.8) is 0 Å². The number of Topliss-reactive ketones (excluding diaryl/α,β-unsaturated/α-hetero) is 2. The molecule has 0 spiro atoms. The summed E-state index contributed by atoms with van der Waals surface area (Å²) in [5.74, 6) is -0.710. The molecule has 0 unspecified atom stereocenters. The molecule has 0 bridgehead atoms. The minimum Gasteiger partial charge on any atom is -0.465 e. The quantitative estimate of drug-likeness (QED) is 0.313. The summed E-state index contributed by atoms with van der Waals surface area (Å²) < 4.78 is 4.81. The highest BCUT2D eigenvalue weighted by Crippen LogP contribution is 2.19. The predicted octanol–water partition coefficient (Wildman–Crippen LogP) is 3.61. The maximum absolute atomic E-state index is 11.7. The number of hydrogen-bond acceptors (Lipinski definition) is 4. The molecule has 0 aromatic heterocycles. The van der Waals surface area contributed by atoms with Gasteiger partial charge in [-0.15, -0.1) is 0 Å². The van der Waals surface area contributed by atoms with Crippen LogP contribution in [0.25, 0.3) is 0 Å². The van der Waals surface area contributed by atoms with Crippen molar-refractivity contribution >= 4 is 17.5 Å². The molecule has 1 rings (SSSR count). The lowest BCUT2D eigenvalue weighted by Crippen LogP contribution is -2.16. The van der Waals surface area contributed by atoms with Gasteiger partial charge in [-0.3, -0.25) is 14.4 Å². The van der Waals surface area contributed by atoms with E-state index in [2.05, 4.69) is 6.92 Å². The number of rotatable bonds is 12. The molecule has 1 heterocycles. The minimum absolute atomic E-state index is 0.0138. The SMILES string of the molecule is CCCCCCCCCC(=O)CC(=O)C[C@H]1CCOC1=O. The molecule has 0 aliphatic carbocycles. The Bertz CT molecular complexity index is 349. The first-order valence-corrected chi connectivity index (χ1v) is 8.33. The van der Waals surface area contributed by atoms with Crippen LogP contribution in [0.15, 0.2) is 0 Å². The molecule has 0 radical (unpaired) electrons. The van der Waals surface area contributed by atoms with Crippen LogP contribution in [-0.2, 0) is 19.1 Å². The average Bonchev–Trinajstić information content (AvgIpc) is 2.83. The third-order valence-corrected chi connectivity index (χ3v) is 3.97. The van der Waals surface area contributed by atoms with E-state index < -0.39 is 0 Å². The predicted molar refractivity (Wildman–Crippen MR) is 80.9 cm³/mol. The summed E-state index contributed by atoms with van der Waals surface area (Å²) in [4.78, 5) is 34.7. The number of carbonyl (C=O) groups excluding carboxylic acids is 3. The maximum Gasteiger partial charge on any atom is 0.309 e. The van der Waals surface area contributed by atoms with Crippen molar-refractivity contribution in [3.8, 4) is 0 Å². The van der Waals surface area contributed by atoms with Crippen molar-refractivity contribution < 1.29 is 19.1 Å². The summed E-state index contributed by atoms with van der Waals surface area (Å²) >= 11 is 0. The fourth-order valence-corrected chi connectivity index (χ4v) is 2.66. The summed E-state index contributed by atoms with van der Waals surface area (Å²) in [6.45, 7) is 2.60. The molecule has 1 aliphatic rings. The van der Waals surface area contributed by atoms with Crippen LogP contribution in [-0.4, -0.2) is 24.1 Å². The molecular weight excluding hydrogens is 268 g/mol. The van der Waals surface area contributed by atoms with Crippen LogP contribution in [0.4, 0.5) is 0 Å². The molecule has 1 atom stereocenters. The first-order valence-electron chi connectivity index (χ1n) is 8.33. The van der Waals surface area contributed by atoms with Gasteiger partial charge < -0.3 is 4.74 Å². The molecule has 1 fully saturated rings. The Morgan fingerprint density at radius 2 is 1.71 bits per heavy atom. The van der Waals surface area contributed by atoms with Gasteiger partial charge in [0, 0.05) is 12.8 Å². The van der Waals surface area contributed by atoms with Crippen molar-refractivity contribution in [3.05, 3.63) is 0 Å². The fourth-order valence-electron chi connectivity index (χ4n) is 2.66. The molecule has 0 aromatic rings. The van der Waals surface area contributed by atoms with Crippen molar-refractivity contribution in [1.82, 2.24) is 0 Å². The maximum atomic E-state index is 11.7. The lowest BCUT2D eigenvalue weighted by atomic mass is 9.97. The first-order chi connectivity index (χ1) is 10.1. The van der Waals surface area contributed by atoms with E-state index in [1.54, 1.807) is 0 Å². The van der Waals surface area contributed by atoms with E-state index in [9.17, 15) is 14.4 Å². The molecule has 120 valence electrons. The smallest absolute Gasteiger partial charge is 0.309 e. The summed E-state index contributed by atoms with van der Waals surface area (Å²) in [6, 6.07) is 0. The number of hydrogen-bond donors (Lipinski definition) is 0. The van der Waals surface area contributed by atoms with Gasteiger partial charge in [0.15, 0.2) is 0 Å². The Hall–Kier alpha value is -1.19. The largest absolute Gasteiger partial charge is 0.465 e. The molecule has 0 saturated carbocycles. The molecular formula is C17H28O4. The highest BCUT2D eigenvalue weighted by atomic mass is 16.5. The second kappa shape index (κ2) is 10.5. The normalized spacial score (nSPS) is 17.8. The molecule has 0 amide bonds. The third-order valence-electron chi connectivity index (χ3n) is 3.97. The summed E-state index contributed by atoms with van der Waals surface area (Å²) in [6.07, 6.45) is 9.43. The number of carbonyl (C=O) groups is 3. The van der Waals surface area contributed by atoms with Gasteiger partial charge in [-0.1, -0.05) is 45.4 Å². The Kier molecular flexibility index (Phi) is 8.95. The molecule has 1 aliphatic heterocycles. The van der Waals surface area contributed by atoms with Gasteiger partial charge in [0.25, 0.3) is 0 Å². The highest BCUT2D eigenvalue weighted by Gasteiger charge is 2.28. The van der Waals surface area contributed by atoms with Gasteiger partial charge in [-0.2, -0.15) is 0 Å². The van der Waals surface area contributed by atoms with Crippen LogP contribution < -0.4 is 0 Å². The van der Waals surface area contributed by atoms with Gasteiger partial charge >= 0.3 is 5.97 Å². The monoisotopic (exact) mass is 296 g/mol. The number of unbranched alkanes of at least 4 members (excludes halogenated alkanes) is 6. The van der Waals surface area contributed by atoms with Gasteiger partial charge in [0.2, 0.25) is 0 Å². The van der Waals surface area contributed by atoms with Gasteiger partial charge in [0.1, 0.15) is 11.6 Å². The summed E-state index contributed by atoms with van der Waals surface area (Å²) in [5.41, 5.74) is 0. The first kappa shape index (κ1) is 17.9. The lowest BCUT2D eigenvalue weighted by molar-refractivity contribution is -0.143. The molecule has 4 nitrogen and oxygen atoms in total. The van der Waals surface area contributed by atoms with E-state index in [0.717, 1.165) is 12.8 Å². The molecule has 0 N–H and O–H groups in total. The molecule has 4 heteroatoms. The topological polar surface area (TPSA) is 60.4 Å². The van der Waals surface area contributed by atoms with E-state index in [0.29, 0.717) is 19.4 Å². The summed E-state index contributed by atoms with van der Waals surface area (Å²) in [5, 5.41) is 0. The highest BCUT2D eigenvalue weighted by molar-refractivity contribution is 6.00. The summed E-state index contributed by atoms with van der Waals surface area (Å²) in [7, 11) is 0. The van der Waals surface area contributed by atoms with Crippen molar-refractivity contribution in [2.24, 2.45) is 5.92 Å². The molecule has 1 saturated heterocycles. The zero-order chi connectivity index (χ0) is 15.5. The van der Waals surface area contributed by atoms with E-state index in [-0.39, 0.29) is 36.3 Å². The van der Waals surface area contributed by atoms with Crippen LogP contribution in [0.5, 0.6) is 0 Å². The van der Waals surface area contributed by atoms with Crippen molar-refractivity contribution in [2.75, 3.05) is 6.61 Å². The average molecular weight is 296 g/mol. The van der Waals surface area contributed by atoms with Crippen LogP contribution >= 0.6 is 0 Å². The third kappa shape index (κ3) is 7.98. The van der Waals surface area contributed by atoms with Gasteiger partial charge in [0.05, 0.1) is 18.9 Å².